The van der Waals surface area contributed by atoms with Crippen molar-refractivity contribution in [3.8, 4) is 0 Å². The minimum absolute atomic E-state index is 0.489. The fraction of sp³-hybridized carbons (Fsp3) is 1.00. The highest BCUT2D eigenvalue weighted by Gasteiger charge is 2.27. The van der Waals surface area contributed by atoms with Crippen LogP contribution in [0.15, 0.2) is 0 Å². The Balaban J connectivity index is 1.66. The first-order chi connectivity index (χ1) is 7.78. The Labute approximate surface area is 99.4 Å². The number of quaternary nitrogens is 1. The lowest BCUT2D eigenvalue weighted by Gasteiger charge is -2.33. The predicted octanol–water partition coefficient (Wildman–Crippen LogP) is 2.22. The minimum Gasteiger partial charge on any atom is -0.335 e. The Kier molecular flexibility index (Phi) is 4.63. The molecule has 2 rings (SSSR count). The van der Waals surface area contributed by atoms with Crippen LogP contribution in [0.3, 0.4) is 0 Å². The van der Waals surface area contributed by atoms with Gasteiger partial charge in [-0.2, -0.15) is 0 Å². The van der Waals surface area contributed by atoms with Gasteiger partial charge in [0.15, 0.2) is 0 Å². The predicted molar refractivity (Wildman–Crippen MR) is 65.4 cm³/mol. The van der Waals surface area contributed by atoms with E-state index in [0.717, 1.165) is 37.5 Å². The molecular weight excluding hydrogens is 201 g/mol. The molecule has 94 valence electrons. The number of hydrogen-bond donors (Lipinski definition) is 1. The maximum absolute atomic E-state index is 13.0. The van der Waals surface area contributed by atoms with Crippen molar-refractivity contribution in [3.63, 3.8) is 0 Å². The van der Waals surface area contributed by atoms with E-state index < -0.39 is 6.17 Å². The lowest BCUT2D eigenvalue weighted by molar-refractivity contribution is -0.909. The number of piperidine rings is 1. The number of halogens is 1. The number of hydrogen-bond acceptors (Lipinski definition) is 0. The van der Waals surface area contributed by atoms with Crippen LogP contribution in [0.25, 0.3) is 0 Å². The Hall–Kier alpha value is -0.110. The summed E-state index contributed by atoms with van der Waals surface area (Å²) in [6.07, 6.45) is 7.65. The second-order valence-corrected chi connectivity index (χ2v) is 5.92. The second kappa shape index (κ2) is 6.00. The van der Waals surface area contributed by atoms with Crippen LogP contribution >= 0.6 is 0 Å². The van der Waals surface area contributed by atoms with Gasteiger partial charge in [0.1, 0.15) is 6.17 Å². The molecule has 0 unspecified atom stereocenters. The highest BCUT2D eigenvalue weighted by molar-refractivity contribution is 4.71. The van der Waals surface area contributed by atoms with E-state index in [1.807, 2.05) is 0 Å². The Bertz CT molecular complexity index is 191. The van der Waals surface area contributed by atoms with E-state index in [1.165, 1.54) is 38.9 Å². The van der Waals surface area contributed by atoms with Gasteiger partial charge >= 0.3 is 0 Å². The molecule has 2 fully saturated rings. The van der Waals surface area contributed by atoms with E-state index in [4.69, 9.17) is 0 Å². The Morgan fingerprint density at radius 3 is 2.12 bits per heavy atom. The van der Waals surface area contributed by atoms with Crippen LogP contribution in [0.4, 0.5) is 4.39 Å². The highest BCUT2D eigenvalue weighted by Crippen LogP contribution is 2.25. The van der Waals surface area contributed by atoms with Gasteiger partial charge in [0.25, 0.3) is 0 Å². The maximum Gasteiger partial charge on any atom is 0.100 e. The van der Waals surface area contributed by atoms with Crippen LogP contribution in [-0.4, -0.2) is 25.8 Å². The first-order valence-electron chi connectivity index (χ1n) is 7.25. The Morgan fingerprint density at radius 1 is 0.938 bits per heavy atom. The highest BCUT2D eigenvalue weighted by atomic mass is 19.1. The fourth-order valence-electron chi connectivity index (χ4n) is 3.43. The molecule has 1 aliphatic carbocycles. The molecule has 16 heavy (non-hydrogen) atoms. The summed E-state index contributed by atoms with van der Waals surface area (Å²) in [6.45, 7) is 6.38. The summed E-state index contributed by atoms with van der Waals surface area (Å²) in [7, 11) is 0. The van der Waals surface area contributed by atoms with Gasteiger partial charge in [0.05, 0.1) is 19.6 Å². The van der Waals surface area contributed by atoms with Gasteiger partial charge in [0.2, 0.25) is 0 Å². The second-order valence-electron chi connectivity index (χ2n) is 5.92. The van der Waals surface area contributed by atoms with Crippen LogP contribution in [0.1, 0.15) is 51.9 Å². The summed E-state index contributed by atoms with van der Waals surface area (Å²) in [6, 6.07) is 0. The summed E-state index contributed by atoms with van der Waals surface area (Å²) >= 11 is 0. The van der Waals surface area contributed by atoms with Gasteiger partial charge in [-0.05, 0) is 44.4 Å². The summed E-state index contributed by atoms with van der Waals surface area (Å²) < 4.78 is 13.0. The van der Waals surface area contributed by atoms with Crippen molar-refractivity contribution in [2.75, 3.05) is 19.6 Å². The number of likely N-dealkylation sites (tertiary alicyclic amines) is 1. The van der Waals surface area contributed by atoms with Gasteiger partial charge in [-0.1, -0.05) is 13.3 Å². The van der Waals surface area contributed by atoms with E-state index >= 15 is 0 Å². The van der Waals surface area contributed by atoms with Crippen LogP contribution in [0.2, 0.25) is 0 Å². The molecule has 0 aromatic rings. The largest absolute Gasteiger partial charge is 0.335 e. The van der Waals surface area contributed by atoms with Crippen molar-refractivity contribution in [1.82, 2.24) is 0 Å². The molecule has 0 aromatic carbocycles. The smallest absolute Gasteiger partial charge is 0.100 e. The molecule has 1 aliphatic heterocycles. The molecule has 2 aliphatic rings. The molecule has 1 saturated carbocycles. The van der Waals surface area contributed by atoms with E-state index in [2.05, 4.69) is 6.92 Å². The van der Waals surface area contributed by atoms with Crippen LogP contribution < -0.4 is 4.90 Å². The molecular formula is C14H27FN+. The number of nitrogens with one attached hydrogen (secondary N) is 1. The molecule has 1 heterocycles. The zero-order valence-corrected chi connectivity index (χ0v) is 10.7. The minimum atomic E-state index is -0.489. The van der Waals surface area contributed by atoms with E-state index in [1.54, 1.807) is 4.90 Å². The summed E-state index contributed by atoms with van der Waals surface area (Å²) in [5.74, 6) is 1.81. The van der Waals surface area contributed by atoms with Gasteiger partial charge in [-0.25, -0.2) is 4.39 Å². The summed E-state index contributed by atoms with van der Waals surface area (Å²) in [5, 5.41) is 0. The average molecular weight is 228 g/mol. The van der Waals surface area contributed by atoms with E-state index in [9.17, 15) is 4.39 Å². The molecule has 1 saturated heterocycles. The van der Waals surface area contributed by atoms with Crippen molar-refractivity contribution < 1.29 is 9.29 Å². The lowest BCUT2D eigenvalue weighted by Crippen LogP contribution is -3.13. The van der Waals surface area contributed by atoms with Crippen molar-refractivity contribution in [1.29, 1.82) is 0 Å². The first kappa shape index (κ1) is 12.3. The van der Waals surface area contributed by atoms with Crippen LogP contribution in [0, 0.1) is 11.8 Å². The van der Waals surface area contributed by atoms with E-state index in [0.29, 0.717) is 0 Å². The third kappa shape index (κ3) is 3.44. The standard InChI is InChI=1S/C14H26FN/c1-2-12-7-9-16(10-8-12)11-13-3-5-14(15)6-4-13/h12-14H,2-11H2,1H3/p+1. The van der Waals surface area contributed by atoms with Crippen molar-refractivity contribution in [2.45, 2.75) is 58.0 Å². The zero-order chi connectivity index (χ0) is 11.4. The number of alkyl halides is 1. The van der Waals surface area contributed by atoms with Crippen LogP contribution in [-0.2, 0) is 0 Å². The van der Waals surface area contributed by atoms with Crippen molar-refractivity contribution in [3.05, 3.63) is 0 Å². The molecule has 0 aromatic heterocycles. The van der Waals surface area contributed by atoms with Gasteiger partial charge in [0, 0.05) is 5.92 Å². The molecule has 0 radical (unpaired) electrons. The van der Waals surface area contributed by atoms with Crippen molar-refractivity contribution in [2.24, 2.45) is 11.8 Å². The molecule has 0 spiro atoms. The van der Waals surface area contributed by atoms with E-state index in [-0.39, 0.29) is 0 Å². The Morgan fingerprint density at radius 2 is 1.56 bits per heavy atom. The quantitative estimate of drug-likeness (QED) is 0.755. The topological polar surface area (TPSA) is 4.44 Å². The van der Waals surface area contributed by atoms with Gasteiger partial charge in [-0.3, -0.25) is 0 Å². The summed E-state index contributed by atoms with van der Waals surface area (Å²) in [5.41, 5.74) is 0. The maximum atomic E-state index is 13.0. The first-order valence-corrected chi connectivity index (χ1v) is 7.25. The summed E-state index contributed by atoms with van der Waals surface area (Å²) in [4.78, 5) is 1.80. The SMILES string of the molecule is CCC1CC[NH+](CC2CCC(F)CC2)CC1. The third-order valence-corrected chi connectivity index (χ3v) is 4.74. The number of rotatable bonds is 3. The van der Waals surface area contributed by atoms with Crippen molar-refractivity contribution >= 4 is 0 Å². The monoisotopic (exact) mass is 228 g/mol. The normalized spacial score (nSPS) is 40.9. The molecule has 0 amide bonds. The zero-order valence-electron chi connectivity index (χ0n) is 10.7. The van der Waals surface area contributed by atoms with Gasteiger partial charge in [-0.15, -0.1) is 0 Å². The fourth-order valence-corrected chi connectivity index (χ4v) is 3.43. The average Bonchev–Trinajstić information content (AvgIpc) is 2.33. The molecule has 1 nitrogen and oxygen atoms in total. The molecule has 1 N–H and O–H groups in total. The van der Waals surface area contributed by atoms with Crippen LogP contribution in [0.5, 0.6) is 0 Å². The molecule has 0 atom stereocenters. The molecule has 0 bridgehead atoms. The lowest BCUT2D eigenvalue weighted by atomic mass is 9.86. The van der Waals surface area contributed by atoms with Gasteiger partial charge < -0.3 is 4.90 Å². The molecule has 2 heteroatoms. The third-order valence-electron chi connectivity index (χ3n) is 4.74.